The van der Waals surface area contributed by atoms with Crippen LogP contribution in [-0.4, -0.2) is 54.7 Å². The van der Waals surface area contributed by atoms with Gasteiger partial charge in [0.15, 0.2) is 0 Å². The summed E-state index contributed by atoms with van der Waals surface area (Å²) in [5.74, 6) is 0.941. The molecule has 6 heteroatoms. The van der Waals surface area contributed by atoms with Crippen LogP contribution >= 0.6 is 40.1 Å². The Kier molecular flexibility index (Phi) is 7.81. The first-order valence-electron chi connectivity index (χ1n) is 6.63. The topological polar surface area (TPSA) is 23.6 Å². The van der Waals surface area contributed by atoms with Gasteiger partial charge >= 0.3 is 0 Å². The lowest BCUT2D eigenvalue weighted by atomic mass is 10.2. The predicted molar refractivity (Wildman–Crippen MR) is 95.7 cm³/mol. The van der Waals surface area contributed by atoms with Crippen LogP contribution in [0.3, 0.4) is 0 Å². The fourth-order valence-electron chi connectivity index (χ4n) is 2.12. The first-order chi connectivity index (χ1) is 9.61. The number of hydrogen-bond donors (Lipinski definition) is 0. The van der Waals surface area contributed by atoms with Crippen molar-refractivity contribution < 1.29 is 4.79 Å². The van der Waals surface area contributed by atoms with Gasteiger partial charge in [-0.25, -0.2) is 0 Å². The average Bonchev–Trinajstić information content (AvgIpc) is 2.46. The van der Waals surface area contributed by atoms with E-state index in [1.807, 2.05) is 29.2 Å². The van der Waals surface area contributed by atoms with Crippen LogP contribution in [0.25, 0.3) is 0 Å². The second-order valence-corrected chi connectivity index (χ2v) is 6.81. The van der Waals surface area contributed by atoms with E-state index in [9.17, 15) is 4.79 Å². The summed E-state index contributed by atoms with van der Waals surface area (Å²) in [4.78, 5) is 17.9. The molecule has 0 unspecified atom stereocenters. The van der Waals surface area contributed by atoms with Gasteiger partial charge in [-0.1, -0.05) is 22.0 Å². The average molecular weight is 392 g/mol. The molecule has 1 aliphatic heterocycles. The van der Waals surface area contributed by atoms with Gasteiger partial charge in [0.1, 0.15) is 0 Å². The van der Waals surface area contributed by atoms with Crippen molar-refractivity contribution in [3.05, 3.63) is 40.9 Å². The minimum Gasteiger partial charge on any atom is -0.336 e. The highest BCUT2D eigenvalue weighted by Gasteiger charge is 2.22. The highest BCUT2D eigenvalue weighted by Crippen LogP contribution is 2.27. The Bertz CT molecular complexity index is 504. The molecule has 0 spiro atoms. The van der Waals surface area contributed by atoms with Crippen LogP contribution in [0, 0.1) is 0 Å². The van der Waals surface area contributed by atoms with E-state index in [2.05, 4.69) is 34.5 Å². The largest absolute Gasteiger partial charge is 0.336 e. The molecule has 1 heterocycles. The summed E-state index contributed by atoms with van der Waals surface area (Å²) in [6.07, 6.45) is 1.86. The second kappa shape index (κ2) is 8.83. The molecule has 3 nitrogen and oxygen atoms in total. The van der Waals surface area contributed by atoms with Crippen LogP contribution in [0.5, 0.6) is 0 Å². The molecule has 0 atom stereocenters. The van der Waals surface area contributed by atoms with Gasteiger partial charge < -0.3 is 9.80 Å². The fraction of sp³-hybridized carbons (Fsp3) is 0.400. The number of thioether (sulfide) groups is 1. The molecule has 1 aromatic rings. The van der Waals surface area contributed by atoms with Crippen LogP contribution in [0.15, 0.2) is 40.2 Å². The monoisotopic (exact) mass is 390 g/mol. The van der Waals surface area contributed by atoms with E-state index in [1.165, 1.54) is 0 Å². The fourth-order valence-corrected chi connectivity index (χ4v) is 3.25. The summed E-state index contributed by atoms with van der Waals surface area (Å²) >= 11 is 5.11. The van der Waals surface area contributed by atoms with Gasteiger partial charge in [-0.2, -0.15) is 0 Å². The SMILES string of the molecule is C=CCSc1ccc(Br)cc1C(=O)N1CCN(C)CC1.Cl. The van der Waals surface area contributed by atoms with Gasteiger partial charge in [-0.05, 0) is 25.2 Å². The third kappa shape index (κ3) is 5.02. The van der Waals surface area contributed by atoms with Crippen molar-refractivity contribution in [1.82, 2.24) is 9.80 Å². The molecule has 0 N–H and O–H groups in total. The zero-order valence-corrected chi connectivity index (χ0v) is 15.3. The molecule has 2 rings (SSSR count). The lowest BCUT2D eigenvalue weighted by Gasteiger charge is -2.32. The van der Waals surface area contributed by atoms with Crippen LogP contribution < -0.4 is 0 Å². The number of piperazine rings is 1. The molecule has 0 aliphatic carbocycles. The molecular formula is C15H20BrClN2OS. The first-order valence-corrected chi connectivity index (χ1v) is 8.40. The summed E-state index contributed by atoms with van der Waals surface area (Å²) < 4.78 is 0.943. The zero-order valence-electron chi connectivity index (χ0n) is 12.0. The Morgan fingerprint density at radius 2 is 2.05 bits per heavy atom. The van der Waals surface area contributed by atoms with Crippen molar-refractivity contribution in [2.75, 3.05) is 39.0 Å². The molecule has 21 heavy (non-hydrogen) atoms. The first kappa shape index (κ1) is 18.6. The van der Waals surface area contributed by atoms with E-state index >= 15 is 0 Å². The normalized spacial score (nSPS) is 15.4. The van der Waals surface area contributed by atoms with Crippen molar-refractivity contribution >= 4 is 46.0 Å². The third-order valence-corrected chi connectivity index (χ3v) is 4.88. The van der Waals surface area contributed by atoms with Crippen molar-refractivity contribution in [1.29, 1.82) is 0 Å². The Morgan fingerprint density at radius 3 is 2.67 bits per heavy atom. The summed E-state index contributed by atoms with van der Waals surface area (Å²) in [6.45, 7) is 7.21. The van der Waals surface area contributed by atoms with E-state index in [0.29, 0.717) is 0 Å². The Morgan fingerprint density at radius 1 is 1.38 bits per heavy atom. The Hall–Kier alpha value is -0.490. The highest BCUT2D eigenvalue weighted by atomic mass is 79.9. The second-order valence-electron chi connectivity index (χ2n) is 4.84. The lowest BCUT2D eigenvalue weighted by Crippen LogP contribution is -2.47. The minimum absolute atomic E-state index is 0. The number of carbonyl (C=O) groups is 1. The van der Waals surface area contributed by atoms with E-state index in [0.717, 1.165) is 46.9 Å². The summed E-state index contributed by atoms with van der Waals surface area (Å²) in [5, 5.41) is 0. The molecular weight excluding hydrogens is 372 g/mol. The van der Waals surface area contributed by atoms with Crippen LogP contribution in [0.2, 0.25) is 0 Å². The molecule has 1 aromatic carbocycles. The predicted octanol–water partition coefficient (Wildman–Crippen LogP) is 3.54. The number of carbonyl (C=O) groups excluding carboxylic acids is 1. The molecule has 1 saturated heterocycles. The van der Waals surface area contributed by atoms with Crippen LogP contribution in [0.4, 0.5) is 0 Å². The molecule has 0 bridgehead atoms. The molecule has 1 aliphatic rings. The van der Waals surface area contributed by atoms with Crippen molar-refractivity contribution in [2.45, 2.75) is 4.90 Å². The third-order valence-electron chi connectivity index (χ3n) is 3.32. The zero-order chi connectivity index (χ0) is 14.5. The Balaban J connectivity index is 0.00000220. The minimum atomic E-state index is 0. The number of benzene rings is 1. The van der Waals surface area contributed by atoms with E-state index < -0.39 is 0 Å². The van der Waals surface area contributed by atoms with Crippen molar-refractivity contribution in [3.63, 3.8) is 0 Å². The van der Waals surface area contributed by atoms with E-state index in [4.69, 9.17) is 0 Å². The number of halogens is 2. The Labute approximate surface area is 145 Å². The molecule has 0 aromatic heterocycles. The molecule has 1 amide bonds. The number of nitrogens with zero attached hydrogens (tertiary/aromatic N) is 2. The number of amides is 1. The van der Waals surface area contributed by atoms with Gasteiger partial charge in [0.2, 0.25) is 0 Å². The quantitative estimate of drug-likeness (QED) is 0.579. The van der Waals surface area contributed by atoms with Crippen LogP contribution in [0.1, 0.15) is 10.4 Å². The summed E-state index contributed by atoms with van der Waals surface area (Å²) in [7, 11) is 2.09. The van der Waals surface area contributed by atoms with E-state index in [-0.39, 0.29) is 18.3 Å². The molecule has 1 fully saturated rings. The van der Waals surface area contributed by atoms with Gasteiger partial charge in [-0.3, -0.25) is 4.79 Å². The van der Waals surface area contributed by atoms with E-state index in [1.54, 1.807) is 11.8 Å². The lowest BCUT2D eigenvalue weighted by molar-refractivity contribution is 0.0660. The number of likely N-dealkylation sites (N-methyl/N-ethyl adjacent to an activating group) is 1. The van der Waals surface area contributed by atoms with Crippen molar-refractivity contribution in [2.24, 2.45) is 0 Å². The van der Waals surface area contributed by atoms with Gasteiger partial charge in [0, 0.05) is 41.3 Å². The number of hydrogen-bond acceptors (Lipinski definition) is 3. The molecule has 0 radical (unpaired) electrons. The smallest absolute Gasteiger partial charge is 0.255 e. The van der Waals surface area contributed by atoms with Crippen LogP contribution in [-0.2, 0) is 0 Å². The summed E-state index contributed by atoms with van der Waals surface area (Å²) in [5.41, 5.74) is 0.788. The molecule has 0 saturated carbocycles. The maximum Gasteiger partial charge on any atom is 0.255 e. The van der Waals surface area contributed by atoms with Gasteiger partial charge in [0.05, 0.1) is 5.56 Å². The standard InChI is InChI=1S/C15H19BrN2OS.ClH/c1-3-10-20-14-5-4-12(16)11-13(14)15(19)18-8-6-17(2)7-9-18;/h3-5,11H,1,6-10H2,2H3;1H. The van der Waals surface area contributed by atoms with Gasteiger partial charge in [0.25, 0.3) is 5.91 Å². The van der Waals surface area contributed by atoms with Gasteiger partial charge in [-0.15, -0.1) is 30.7 Å². The maximum absolute atomic E-state index is 12.7. The molecule has 116 valence electrons. The maximum atomic E-state index is 12.7. The highest BCUT2D eigenvalue weighted by molar-refractivity contribution is 9.10. The number of rotatable bonds is 4. The summed E-state index contributed by atoms with van der Waals surface area (Å²) in [6, 6.07) is 5.90. The van der Waals surface area contributed by atoms with Crippen molar-refractivity contribution in [3.8, 4) is 0 Å².